The molecule has 1 aliphatic rings. The van der Waals surface area contributed by atoms with Gasteiger partial charge in [-0.15, -0.1) is 0 Å². The molecule has 0 bridgehead atoms. The van der Waals surface area contributed by atoms with E-state index in [1.165, 1.54) is 22.5 Å². The van der Waals surface area contributed by atoms with Gasteiger partial charge in [0.1, 0.15) is 5.69 Å². The number of para-hydroxylation sites is 1. The van der Waals surface area contributed by atoms with E-state index in [0.29, 0.717) is 13.1 Å². The van der Waals surface area contributed by atoms with Crippen molar-refractivity contribution >= 4 is 21.4 Å². The summed E-state index contributed by atoms with van der Waals surface area (Å²) in [6, 6.07) is 3.99. The van der Waals surface area contributed by atoms with E-state index in [-0.39, 0.29) is 16.0 Å². The summed E-state index contributed by atoms with van der Waals surface area (Å²) < 4.78 is 26.8. The van der Waals surface area contributed by atoms with Crippen molar-refractivity contribution in [2.75, 3.05) is 18.8 Å². The van der Waals surface area contributed by atoms with Gasteiger partial charge in [0.05, 0.1) is 4.92 Å². The molecule has 0 unspecified atom stereocenters. The number of piperidine rings is 1. The molecule has 0 radical (unpaired) electrons. The highest BCUT2D eigenvalue weighted by Crippen LogP contribution is 2.36. The SMILES string of the molecule is CC1(C)CCCN(S(=O)(=O)c2cccc(N)c2[N+](=O)[O-])C1. The van der Waals surface area contributed by atoms with Crippen LogP contribution in [-0.4, -0.2) is 30.7 Å². The summed E-state index contributed by atoms with van der Waals surface area (Å²) in [5.41, 5.74) is 4.76. The number of benzene rings is 1. The number of nitro benzene ring substituents is 1. The topological polar surface area (TPSA) is 107 Å². The summed E-state index contributed by atoms with van der Waals surface area (Å²) in [7, 11) is -3.92. The van der Waals surface area contributed by atoms with Gasteiger partial charge in [0, 0.05) is 13.1 Å². The quantitative estimate of drug-likeness (QED) is 0.521. The van der Waals surface area contributed by atoms with Crippen LogP contribution in [0.1, 0.15) is 26.7 Å². The maximum Gasteiger partial charge on any atom is 0.312 e. The predicted octanol–water partition coefficient (Wildman–Crippen LogP) is 1.99. The van der Waals surface area contributed by atoms with Gasteiger partial charge in [-0.2, -0.15) is 4.31 Å². The molecule has 0 spiro atoms. The molecule has 2 N–H and O–H groups in total. The molecule has 0 aromatic heterocycles. The second-order valence-electron chi connectivity index (χ2n) is 6.06. The first-order chi connectivity index (χ1) is 9.65. The van der Waals surface area contributed by atoms with Crippen LogP contribution in [0.15, 0.2) is 23.1 Å². The van der Waals surface area contributed by atoms with Gasteiger partial charge in [-0.3, -0.25) is 10.1 Å². The number of nitro groups is 1. The molecule has 116 valence electrons. The van der Waals surface area contributed by atoms with Gasteiger partial charge in [-0.1, -0.05) is 19.9 Å². The third-order valence-corrected chi connectivity index (χ3v) is 5.57. The summed E-state index contributed by atoms with van der Waals surface area (Å²) in [5.74, 6) is 0. The second-order valence-corrected chi connectivity index (χ2v) is 7.96. The van der Waals surface area contributed by atoms with E-state index in [1.54, 1.807) is 0 Å². The maximum absolute atomic E-state index is 12.7. The van der Waals surface area contributed by atoms with Crippen LogP contribution in [0, 0.1) is 15.5 Å². The lowest BCUT2D eigenvalue weighted by atomic mass is 9.85. The van der Waals surface area contributed by atoms with Crippen molar-refractivity contribution in [1.82, 2.24) is 4.31 Å². The number of sulfonamides is 1. The number of nitrogens with zero attached hydrogens (tertiary/aromatic N) is 2. The van der Waals surface area contributed by atoms with Gasteiger partial charge in [-0.25, -0.2) is 8.42 Å². The molecule has 1 aromatic rings. The smallest absolute Gasteiger partial charge is 0.312 e. The van der Waals surface area contributed by atoms with Gasteiger partial charge >= 0.3 is 5.69 Å². The Morgan fingerprint density at radius 3 is 2.62 bits per heavy atom. The summed E-state index contributed by atoms with van der Waals surface area (Å²) in [6.07, 6.45) is 1.67. The van der Waals surface area contributed by atoms with E-state index in [4.69, 9.17) is 5.73 Å². The highest BCUT2D eigenvalue weighted by Gasteiger charge is 2.38. The molecule has 0 atom stereocenters. The van der Waals surface area contributed by atoms with Crippen molar-refractivity contribution in [3.63, 3.8) is 0 Å². The molecular formula is C13H19N3O4S. The van der Waals surface area contributed by atoms with Crippen LogP contribution in [0.25, 0.3) is 0 Å². The molecule has 1 fully saturated rings. The normalized spacial score (nSPS) is 19.3. The molecule has 0 amide bonds. The first-order valence-corrected chi connectivity index (χ1v) is 8.12. The lowest BCUT2D eigenvalue weighted by Gasteiger charge is -2.37. The van der Waals surface area contributed by atoms with Crippen molar-refractivity contribution in [2.24, 2.45) is 5.41 Å². The van der Waals surface area contributed by atoms with Crippen molar-refractivity contribution in [3.05, 3.63) is 28.3 Å². The zero-order valence-electron chi connectivity index (χ0n) is 12.1. The minimum Gasteiger partial charge on any atom is -0.393 e. The van der Waals surface area contributed by atoms with E-state index < -0.39 is 20.6 Å². The Morgan fingerprint density at radius 1 is 1.38 bits per heavy atom. The summed E-state index contributed by atoms with van der Waals surface area (Å²) in [5, 5.41) is 11.1. The largest absolute Gasteiger partial charge is 0.393 e. The van der Waals surface area contributed by atoms with E-state index in [1.807, 2.05) is 13.8 Å². The van der Waals surface area contributed by atoms with E-state index in [0.717, 1.165) is 12.8 Å². The molecule has 2 rings (SSSR count). The summed E-state index contributed by atoms with van der Waals surface area (Å²) >= 11 is 0. The van der Waals surface area contributed by atoms with Gasteiger partial charge in [-0.05, 0) is 30.4 Å². The van der Waals surface area contributed by atoms with Crippen molar-refractivity contribution in [2.45, 2.75) is 31.6 Å². The monoisotopic (exact) mass is 313 g/mol. The van der Waals surface area contributed by atoms with Crippen LogP contribution in [0.2, 0.25) is 0 Å². The fraction of sp³-hybridized carbons (Fsp3) is 0.538. The molecule has 1 heterocycles. The number of rotatable bonds is 3. The van der Waals surface area contributed by atoms with Crippen LogP contribution in [0.4, 0.5) is 11.4 Å². The van der Waals surface area contributed by atoms with Gasteiger partial charge in [0.15, 0.2) is 4.90 Å². The molecule has 21 heavy (non-hydrogen) atoms. The number of nitrogens with two attached hydrogens (primary N) is 1. The zero-order valence-corrected chi connectivity index (χ0v) is 12.9. The van der Waals surface area contributed by atoms with Gasteiger partial charge in [0.25, 0.3) is 0 Å². The first kappa shape index (κ1) is 15.7. The van der Waals surface area contributed by atoms with Crippen molar-refractivity contribution in [3.8, 4) is 0 Å². The standard InChI is InChI=1S/C13H19N3O4S/c1-13(2)7-4-8-15(9-13)21(19,20)11-6-3-5-10(14)12(11)16(17)18/h3,5-6H,4,7-9,14H2,1-2H3. The molecule has 1 saturated heterocycles. The first-order valence-electron chi connectivity index (χ1n) is 6.68. The van der Waals surface area contributed by atoms with Crippen LogP contribution >= 0.6 is 0 Å². The van der Waals surface area contributed by atoms with Crippen LogP contribution in [-0.2, 0) is 10.0 Å². The van der Waals surface area contributed by atoms with E-state index in [2.05, 4.69) is 0 Å². The van der Waals surface area contributed by atoms with Crippen molar-refractivity contribution in [1.29, 1.82) is 0 Å². The molecule has 0 aliphatic carbocycles. The van der Waals surface area contributed by atoms with E-state index in [9.17, 15) is 18.5 Å². The van der Waals surface area contributed by atoms with Crippen LogP contribution in [0.5, 0.6) is 0 Å². The fourth-order valence-corrected chi connectivity index (χ4v) is 4.51. The highest BCUT2D eigenvalue weighted by atomic mass is 32.2. The second kappa shape index (κ2) is 5.27. The van der Waals surface area contributed by atoms with Gasteiger partial charge in [0.2, 0.25) is 10.0 Å². The molecule has 1 aromatic carbocycles. The predicted molar refractivity (Wildman–Crippen MR) is 79.3 cm³/mol. The van der Waals surface area contributed by atoms with Gasteiger partial charge < -0.3 is 5.73 Å². The maximum atomic E-state index is 12.7. The lowest BCUT2D eigenvalue weighted by molar-refractivity contribution is -0.386. The summed E-state index contributed by atoms with van der Waals surface area (Å²) in [6.45, 7) is 4.70. The highest BCUT2D eigenvalue weighted by molar-refractivity contribution is 7.89. The average Bonchev–Trinajstić information content (AvgIpc) is 2.36. The number of anilines is 1. The van der Waals surface area contributed by atoms with E-state index >= 15 is 0 Å². The lowest BCUT2D eigenvalue weighted by Crippen LogP contribution is -2.43. The molecular weight excluding hydrogens is 294 g/mol. The minimum absolute atomic E-state index is 0.138. The Kier molecular flexibility index (Phi) is 3.94. The Bertz CT molecular complexity index is 670. The molecule has 7 nitrogen and oxygen atoms in total. The Morgan fingerprint density at radius 2 is 2.05 bits per heavy atom. The minimum atomic E-state index is -3.92. The fourth-order valence-electron chi connectivity index (χ4n) is 2.66. The Balaban J connectivity index is 2.50. The zero-order chi connectivity index (χ0) is 15.8. The molecule has 8 heteroatoms. The van der Waals surface area contributed by atoms with Crippen LogP contribution < -0.4 is 5.73 Å². The van der Waals surface area contributed by atoms with Crippen molar-refractivity contribution < 1.29 is 13.3 Å². The molecule has 1 aliphatic heterocycles. The van der Waals surface area contributed by atoms with Crippen LogP contribution in [0.3, 0.4) is 0 Å². The summed E-state index contributed by atoms with van der Waals surface area (Å²) in [4.78, 5) is 10.1. The third-order valence-electron chi connectivity index (χ3n) is 3.70. The molecule has 0 saturated carbocycles. The number of nitrogen functional groups attached to an aromatic ring is 1. The third kappa shape index (κ3) is 3.01. The average molecular weight is 313 g/mol. The Hall–Kier alpha value is -1.67. The number of hydrogen-bond donors (Lipinski definition) is 1. The number of hydrogen-bond acceptors (Lipinski definition) is 5. The Labute approximate surface area is 123 Å².